The molecule has 1 heterocycles. The molecule has 2 rings (SSSR count). The SMILES string of the molecule is CS(=O)(=O)O.Nc1ncnc2ccccc12. The van der Waals surface area contributed by atoms with Gasteiger partial charge in [0.25, 0.3) is 10.1 Å². The Morgan fingerprint density at radius 2 is 1.81 bits per heavy atom. The van der Waals surface area contributed by atoms with Gasteiger partial charge in [-0.25, -0.2) is 9.97 Å². The largest absolute Gasteiger partial charge is 0.383 e. The van der Waals surface area contributed by atoms with Crippen LogP contribution in [0.5, 0.6) is 0 Å². The van der Waals surface area contributed by atoms with E-state index in [-0.39, 0.29) is 0 Å². The number of nitrogens with zero attached hydrogens (tertiary/aromatic N) is 2. The van der Waals surface area contributed by atoms with E-state index in [1.165, 1.54) is 6.33 Å². The summed E-state index contributed by atoms with van der Waals surface area (Å²) in [4.78, 5) is 7.92. The highest BCUT2D eigenvalue weighted by atomic mass is 32.2. The normalized spacial score (nSPS) is 10.6. The first-order valence-corrected chi connectivity index (χ1v) is 6.10. The molecule has 2 aromatic rings. The van der Waals surface area contributed by atoms with E-state index in [0.717, 1.165) is 10.9 Å². The van der Waals surface area contributed by atoms with Crippen LogP contribution >= 0.6 is 0 Å². The third-order valence-corrected chi connectivity index (χ3v) is 1.57. The Hall–Kier alpha value is -1.73. The fourth-order valence-electron chi connectivity index (χ4n) is 1.03. The molecule has 0 unspecified atom stereocenters. The number of hydrogen-bond acceptors (Lipinski definition) is 5. The van der Waals surface area contributed by atoms with Gasteiger partial charge in [-0.1, -0.05) is 12.1 Å². The standard InChI is InChI=1S/C8H7N3.CH4O3S/c9-8-6-3-1-2-4-7(6)10-5-11-8;1-5(2,3)4/h1-5H,(H2,9,10,11);1H3,(H,2,3,4). The van der Waals surface area contributed by atoms with Crippen molar-refractivity contribution < 1.29 is 13.0 Å². The van der Waals surface area contributed by atoms with Crippen molar-refractivity contribution in [2.24, 2.45) is 0 Å². The van der Waals surface area contributed by atoms with E-state index >= 15 is 0 Å². The minimum absolute atomic E-state index is 0.538. The van der Waals surface area contributed by atoms with Gasteiger partial charge in [-0.2, -0.15) is 8.42 Å². The van der Waals surface area contributed by atoms with Gasteiger partial charge in [0.15, 0.2) is 0 Å². The van der Waals surface area contributed by atoms with E-state index in [2.05, 4.69) is 9.97 Å². The summed E-state index contributed by atoms with van der Waals surface area (Å²) in [5.41, 5.74) is 6.49. The van der Waals surface area contributed by atoms with Crippen LogP contribution in [0.2, 0.25) is 0 Å². The van der Waals surface area contributed by atoms with Crippen molar-refractivity contribution in [3.63, 3.8) is 0 Å². The van der Waals surface area contributed by atoms with E-state index in [4.69, 9.17) is 10.3 Å². The highest BCUT2D eigenvalue weighted by Gasteiger charge is 1.95. The maximum absolute atomic E-state index is 9.19. The molecule has 0 saturated heterocycles. The maximum atomic E-state index is 9.19. The molecule has 3 N–H and O–H groups in total. The Labute approximate surface area is 92.9 Å². The van der Waals surface area contributed by atoms with E-state index in [1.807, 2.05) is 24.3 Å². The predicted molar refractivity (Wildman–Crippen MR) is 61.4 cm³/mol. The summed E-state index contributed by atoms with van der Waals surface area (Å²) in [7, 11) is -3.67. The number of para-hydroxylation sites is 1. The lowest BCUT2D eigenvalue weighted by Gasteiger charge is -1.96. The zero-order valence-electron chi connectivity index (χ0n) is 8.53. The maximum Gasteiger partial charge on any atom is 0.261 e. The molecule has 0 bridgehead atoms. The molecule has 0 spiro atoms. The van der Waals surface area contributed by atoms with E-state index in [1.54, 1.807) is 0 Å². The van der Waals surface area contributed by atoms with Crippen molar-refractivity contribution in [3.05, 3.63) is 30.6 Å². The molecule has 86 valence electrons. The first-order valence-electron chi connectivity index (χ1n) is 4.25. The second-order valence-electron chi connectivity index (χ2n) is 3.01. The molecule has 0 atom stereocenters. The fraction of sp³-hybridized carbons (Fsp3) is 0.111. The van der Waals surface area contributed by atoms with Crippen molar-refractivity contribution >= 4 is 26.8 Å². The Morgan fingerprint density at radius 3 is 2.38 bits per heavy atom. The number of rotatable bonds is 0. The second kappa shape index (κ2) is 4.86. The zero-order valence-corrected chi connectivity index (χ0v) is 9.35. The molecule has 16 heavy (non-hydrogen) atoms. The summed E-state index contributed by atoms with van der Waals surface area (Å²) in [6.45, 7) is 0. The van der Waals surface area contributed by atoms with Crippen molar-refractivity contribution in [3.8, 4) is 0 Å². The first kappa shape index (κ1) is 12.3. The first-order chi connectivity index (χ1) is 7.38. The number of nitrogens with two attached hydrogens (primary N) is 1. The van der Waals surface area contributed by atoms with Crippen LogP contribution in [-0.4, -0.2) is 29.2 Å². The second-order valence-corrected chi connectivity index (χ2v) is 4.48. The van der Waals surface area contributed by atoms with Crippen molar-refractivity contribution in [1.29, 1.82) is 0 Å². The number of anilines is 1. The molecular formula is C9H11N3O3S. The third kappa shape index (κ3) is 4.20. The number of fused-ring (bicyclic) bond motifs is 1. The molecule has 0 saturated carbocycles. The quantitative estimate of drug-likeness (QED) is 0.658. The topological polar surface area (TPSA) is 106 Å². The minimum atomic E-state index is -3.67. The van der Waals surface area contributed by atoms with Crippen LogP contribution < -0.4 is 5.73 Å². The van der Waals surface area contributed by atoms with Crippen molar-refractivity contribution in [1.82, 2.24) is 9.97 Å². The Bertz CT molecular complexity index is 570. The lowest BCUT2D eigenvalue weighted by atomic mass is 10.2. The van der Waals surface area contributed by atoms with E-state index < -0.39 is 10.1 Å². The third-order valence-electron chi connectivity index (χ3n) is 1.57. The van der Waals surface area contributed by atoms with Crippen LogP contribution in [0.15, 0.2) is 30.6 Å². The lowest BCUT2D eigenvalue weighted by Crippen LogP contribution is -1.91. The number of hydrogen-bond donors (Lipinski definition) is 2. The number of benzene rings is 1. The van der Waals surface area contributed by atoms with Gasteiger partial charge in [-0.3, -0.25) is 4.55 Å². The summed E-state index contributed by atoms with van der Waals surface area (Å²) >= 11 is 0. The van der Waals surface area contributed by atoms with Gasteiger partial charge < -0.3 is 5.73 Å². The minimum Gasteiger partial charge on any atom is -0.383 e. The van der Waals surface area contributed by atoms with Crippen molar-refractivity contribution in [2.45, 2.75) is 0 Å². The molecular weight excluding hydrogens is 230 g/mol. The molecule has 0 amide bonds. The monoisotopic (exact) mass is 241 g/mol. The molecule has 0 aliphatic heterocycles. The smallest absolute Gasteiger partial charge is 0.261 e. The van der Waals surface area contributed by atoms with Crippen LogP contribution in [0.3, 0.4) is 0 Å². The van der Waals surface area contributed by atoms with Gasteiger partial charge in [0.2, 0.25) is 0 Å². The molecule has 0 radical (unpaired) electrons. The highest BCUT2D eigenvalue weighted by molar-refractivity contribution is 7.85. The molecule has 0 fully saturated rings. The number of nitrogen functional groups attached to an aromatic ring is 1. The van der Waals surface area contributed by atoms with Gasteiger partial charge in [0, 0.05) is 5.39 Å². The fourth-order valence-corrected chi connectivity index (χ4v) is 1.03. The highest BCUT2D eigenvalue weighted by Crippen LogP contribution is 2.14. The van der Waals surface area contributed by atoms with Gasteiger partial charge in [-0.15, -0.1) is 0 Å². The van der Waals surface area contributed by atoms with Crippen LogP contribution in [0, 0.1) is 0 Å². The zero-order chi connectivity index (χ0) is 12.2. The summed E-state index contributed by atoms with van der Waals surface area (Å²) in [6.07, 6.45) is 2.19. The van der Waals surface area contributed by atoms with Crippen molar-refractivity contribution in [2.75, 3.05) is 12.0 Å². The molecule has 0 aliphatic rings. The van der Waals surface area contributed by atoms with Gasteiger partial charge in [0.1, 0.15) is 12.1 Å². The van der Waals surface area contributed by atoms with Crippen LogP contribution in [0.25, 0.3) is 10.9 Å². The van der Waals surface area contributed by atoms with Crippen LogP contribution in [0.4, 0.5) is 5.82 Å². The molecule has 0 aliphatic carbocycles. The van der Waals surface area contributed by atoms with Crippen LogP contribution in [-0.2, 0) is 10.1 Å². The summed E-state index contributed by atoms with van der Waals surface area (Å²) < 4.78 is 25.9. The summed E-state index contributed by atoms with van der Waals surface area (Å²) in [6, 6.07) is 7.66. The van der Waals surface area contributed by atoms with Gasteiger partial charge in [-0.05, 0) is 12.1 Å². The summed E-state index contributed by atoms with van der Waals surface area (Å²) in [5, 5.41) is 0.912. The molecule has 1 aromatic heterocycles. The Morgan fingerprint density at radius 1 is 1.25 bits per heavy atom. The average Bonchev–Trinajstić information content (AvgIpc) is 2.16. The summed E-state index contributed by atoms with van der Waals surface area (Å²) in [5.74, 6) is 0.538. The van der Waals surface area contributed by atoms with E-state index in [0.29, 0.717) is 12.1 Å². The molecule has 1 aromatic carbocycles. The Balaban J connectivity index is 0.000000221. The lowest BCUT2D eigenvalue weighted by molar-refractivity contribution is 0.490. The molecule has 6 nitrogen and oxygen atoms in total. The average molecular weight is 241 g/mol. The molecule has 7 heteroatoms. The predicted octanol–water partition coefficient (Wildman–Crippen LogP) is 0.716. The number of aromatic nitrogens is 2. The van der Waals surface area contributed by atoms with Crippen LogP contribution in [0.1, 0.15) is 0 Å². The van der Waals surface area contributed by atoms with Gasteiger partial charge >= 0.3 is 0 Å². The van der Waals surface area contributed by atoms with E-state index in [9.17, 15) is 8.42 Å². The Kier molecular flexibility index (Phi) is 3.75. The van der Waals surface area contributed by atoms with Gasteiger partial charge in [0.05, 0.1) is 11.8 Å².